The first-order chi connectivity index (χ1) is 6.18. The summed E-state index contributed by atoms with van der Waals surface area (Å²) >= 11 is 4.09. The van der Waals surface area contributed by atoms with Gasteiger partial charge in [-0.25, -0.2) is 0 Å². The molecule has 0 heterocycles. The van der Waals surface area contributed by atoms with Crippen LogP contribution in [0.4, 0.5) is 0 Å². The summed E-state index contributed by atoms with van der Waals surface area (Å²) in [5.74, 6) is -0.295. The molecule has 0 rings (SSSR count). The van der Waals surface area contributed by atoms with Crippen molar-refractivity contribution in [1.29, 1.82) is 0 Å². The molecule has 0 radical (unpaired) electrons. The van der Waals surface area contributed by atoms with Gasteiger partial charge in [0.15, 0.2) is 0 Å². The van der Waals surface area contributed by atoms with Crippen molar-refractivity contribution in [2.45, 2.75) is 57.1 Å². The summed E-state index contributed by atoms with van der Waals surface area (Å²) < 4.78 is 0. The smallest absolute Gasteiger partial charge is 0.230 e. The lowest BCUT2D eigenvalue weighted by molar-refractivity contribution is -0.117. The van der Waals surface area contributed by atoms with Gasteiger partial charge < -0.3 is 5.73 Å². The van der Waals surface area contributed by atoms with E-state index in [0.29, 0.717) is 0 Å². The topological polar surface area (TPSA) is 43.1 Å². The van der Waals surface area contributed by atoms with E-state index >= 15 is 0 Å². The lowest BCUT2D eigenvalue weighted by Gasteiger charge is -2.05. The van der Waals surface area contributed by atoms with Crippen LogP contribution in [0.2, 0.25) is 0 Å². The van der Waals surface area contributed by atoms with Crippen LogP contribution in [0.1, 0.15) is 51.9 Å². The highest BCUT2D eigenvalue weighted by atomic mass is 32.1. The Morgan fingerprint density at radius 3 is 2.31 bits per heavy atom. The van der Waals surface area contributed by atoms with E-state index in [1.54, 1.807) is 0 Å². The highest BCUT2D eigenvalue weighted by Gasteiger charge is 2.07. The first-order valence-electron chi connectivity index (χ1n) is 5.16. The maximum atomic E-state index is 10.6. The van der Waals surface area contributed by atoms with Crippen LogP contribution in [0.15, 0.2) is 0 Å². The van der Waals surface area contributed by atoms with E-state index in [9.17, 15) is 4.79 Å². The van der Waals surface area contributed by atoms with Crippen molar-refractivity contribution in [1.82, 2.24) is 0 Å². The summed E-state index contributed by atoms with van der Waals surface area (Å²) in [5, 5.41) is -0.244. The number of carbonyl (C=O) groups excluding carboxylic acids is 1. The molecule has 1 amide bonds. The van der Waals surface area contributed by atoms with Gasteiger partial charge in [-0.1, -0.05) is 45.4 Å². The van der Waals surface area contributed by atoms with Crippen LogP contribution in [0.25, 0.3) is 0 Å². The molecule has 0 aromatic carbocycles. The summed E-state index contributed by atoms with van der Waals surface area (Å²) in [6, 6.07) is 0. The number of nitrogens with two attached hydrogens (primary N) is 1. The molecule has 0 aromatic rings. The van der Waals surface area contributed by atoms with Gasteiger partial charge >= 0.3 is 0 Å². The summed E-state index contributed by atoms with van der Waals surface area (Å²) in [7, 11) is 0. The van der Waals surface area contributed by atoms with Crippen LogP contribution >= 0.6 is 12.6 Å². The Morgan fingerprint density at radius 1 is 1.23 bits per heavy atom. The number of rotatable bonds is 8. The average Bonchev–Trinajstić information content (AvgIpc) is 2.10. The number of hydrogen-bond acceptors (Lipinski definition) is 2. The van der Waals surface area contributed by atoms with E-state index in [1.807, 2.05) is 0 Å². The van der Waals surface area contributed by atoms with Crippen LogP contribution < -0.4 is 5.73 Å². The molecule has 0 saturated heterocycles. The van der Waals surface area contributed by atoms with Gasteiger partial charge in [0.2, 0.25) is 5.91 Å². The predicted molar refractivity (Wildman–Crippen MR) is 60.0 cm³/mol. The quantitative estimate of drug-likeness (QED) is 0.462. The van der Waals surface area contributed by atoms with Gasteiger partial charge in [-0.2, -0.15) is 12.6 Å². The minimum atomic E-state index is -0.295. The van der Waals surface area contributed by atoms with E-state index in [-0.39, 0.29) is 11.2 Å². The Labute approximate surface area is 86.7 Å². The summed E-state index contributed by atoms with van der Waals surface area (Å²) in [6.07, 6.45) is 8.27. The molecule has 1 unspecified atom stereocenters. The Hall–Kier alpha value is -0.180. The second-order valence-electron chi connectivity index (χ2n) is 3.47. The van der Waals surface area contributed by atoms with Crippen molar-refractivity contribution in [2.24, 2.45) is 5.73 Å². The minimum absolute atomic E-state index is 0.244. The van der Waals surface area contributed by atoms with Gasteiger partial charge in [0.25, 0.3) is 0 Å². The maximum absolute atomic E-state index is 10.6. The van der Waals surface area contributed by atoms with Gasteiger partial charge in [0, 0.05) is 0 Å². The molecule has 2 N–H and O–H groups in total. The molecule has 0 aromatic heterocycles. The zero-order valence-electron chi connectivity index (χ0n) is 8.46. The normalized spacial score (nSPS) is 12.8. The average molecular weight is 203 g/mol. The molecule has 0 saturated carbocycles. The molecular weight excluding hydrogens is 182 g/mol. The third kappa shape index (κ3) is 8.16. The van der Waals surface area contributed by atoms with Crippen LogP contribution in [0.3, 0.4) is 0 Å². The number of primary amides is 1. The molecular formula is C10H21NOS. The SMILES string of the molecule is CCCCCCCCC(S)C(N)=O. The second-order valence-corrected chi connectivity index (χ2v) is 4.10. The molecule has 2 nitrogen and oxygen atoms in total. The number of thiol groups is 1. The Morgan fingerprint density at radius 2 is 1.77 bits per heavy atom. The van der Waals surface area contributed by atoms with Gasteiger partial charge in [0.1, 0.15) is 0 Å². The number of amides is 1. The Kier molecular flexibility index (Phi) is 8.30. The van der Waals surface area contributed by atoms with Crippen LogP contribution in [-0.4, -0.2) is 11.2 Å². The summed E-state index contributed by atoms with van der Waals surface area (Å²) in [5.41, 5.74) is 5.08. The largest absolute Gasteiger partial charge is 0.369 e. The lowest BCUT2D eigenvalue weighted by Crippen LogP contribution is -2.23. The van der Waals surface area contributed by atoms with Gasteiger partial charge in [-0.05, 0) is 6.42 Å². The first-order valence-corrected chi connectivity index (χ1v) is 5.67. The molecule has 0 fully saturated rings. The van der Waals surface area contributed by atoms with Crippen molar-refractivity contribution >= 4 is 18.5 Å². The molecule has 3 heteroatoms. The van der Waals surface area contributed by atoms with E-state index in [0.717, 1.165) is 12.8 Å². The van der Waals surface area contributed by atoms with Gasteiger partial charge in [-0.3, -0.25) is 4.79 Å². The Bertz CT molecular complexity index is 139. The standard InChI is InChI=1S/C10H21NOS/c1-2-3-4-5-6-7-8-9(13)10(11)12/h9,13H,2-8H2,1H3,(H2,11,12). The number of unbranched alkanes of at least 4 members (excludes halogenated alkanes) is 5. The number of hydrogen-bond donors (Lipinski definition) is 2. The fourth-order valence-electron chi connectivity index (χ4n) is 1.26. The first kappa shape index (κ1) is 12.8. The second kappa shape index (κ2) is 8.42. The molecule has 13 heavy (non-hydrogen) atoms. The fourth-order valence-corrected chi connectivity index (χ4v) is 1.44. The molecule has 0 aliphatic carbocycles. The van der Waals surface area contributed by atoms with E-state index in [1.165, 1.54) is 32.1 Å². The third-order valence-electron chi connectivity index (χ3n) is 2.16. The summed E-state index contributed by atoms with van der Waals surface area (Å²) in [4.78, 5) is 10.6. The third-order valence-corrected chi connectivity index (χ3v) is 2.67. The molecule has 0 spiro atoms. The molecule has 78 valence electrons. The number of carbonyl (C=O) groups is 1. The maximum Gasteiger partial charge on any atom is 0.230 e. The van der Waals surface area contributed by atoms with Gasteiger partial charge in [0.05, 0.1) is 5.25 Å². The van der Waals surface area contributed by atoms with Crippen molar-refractivity contribution in [2.75, 3.05) is 0 Å². The Balaban J connectivity index is 3.11. The van der Waals surface area contributed by atoms with Crippen molar-refractivity contribution in [3.8, 4) is 0 Å². The predicted octanol–water partition coefficient (Wildman–Crippen LogP) is 2.52. The van der Waals surface area contributed by atoms with Gasteiger partial charge in [-0.15, -0.1) is 0 Å². The zero-order valence-corrected chi connectivity index (χ0v) is 9.35. The van der Waals surface area contributed by atoms with Crippen molar-refractivity contribution in [3.63, 3.8) is 0 Å². The zero-order chi connectivity index (χ0) is 10.1. The van der Waals surface area contributed by atoms with Crippen molar-refractivity contribution < 1.29 is 4.79 Å². The monoisotopic (exact) mass is 203 g/mol. The van der Waals surface area contributed by atoms with Crippen LogP contribution in [0, 0.1) is 0 Å². The van der Waals surface area contributed by atoms with Crippen molar-refractivity contribution in [3.05, 3.63) is 0 Å². The van der Waals surface area contributed by atoms with Crippen LogP contribution in [-0.2, 0) is 4.79 Å². The molecule has 0 bridgehead atoms. The van der Waals surface area contributed by atoms with E-state index in [2.05, 4.69) is 19.6 Å². The molecule has 0 aliphatic rings. The van der Waals surface area contributed by atoms with Crippen LogP contribution in [0.5, 0.6) is 0 Å². The highest BCUT2D eigenvalue weighted by Crippen LogP contribution is 2.10. The minimum Gasteiger partial charge on any atom is -0.369 e. The van der Waals surface area contributed by atoms with E-state index in [4.69, 9.17) is 5.73 Å². The fraction of sp³-hybridized carbons (Fsp3) is 0.900. The molecule has 0 aliphatic heterocycles. The molecule has 1 atom stereocenters. The summed E-state index contributed by atoms with van der Waals surface area (Å²) in [6.45, 7) is 2.21. The highest BCUT2D eigenvalue weighted by molar-refractivity contribution is 7.81. The lowest BCUT2D eigenvalue weighted by atomic mass is 10.1. The van der Waals surface area contributed by atoms with E-state index < -0.39 is 0 Å².